The fourth-order valence-electron chi connectivity index (χ4n) is 4.60. The average molecular weight is 651 g/mol. The molecule has 0 amide bonds. The minimum absolute atomic E-state index is 0.0554. The monoisotopic (exact) mass is 650 g/mol. The molecule has 1 aromatic heterocycles. The summed E-state index contributed by atoms with van der Waals surface area (Å²) >= 11 is 0. The van der Waals surface area contributed by atoms with Crippen LogP contribution in [0.2, 0.25) is 0 Å². The SMILES string of the molecule is CCC.CCOP(=O)(O)CCN1CCC(N(C)S(=O)(=O)c2ccc(Nc3nccc(Nc4ccc(F)c(C)c4)n3)cc2)CC1. The van der Waals surface area contributed by atoms with E-state index >= 15 is 0 Å². The molecular formula is C30H44FN6O5PS. The van der Waals surface area contributed by atoms with Gasteiger partial charge in [0.15, 0.2) is 0 Å². The lowest BCUT2D eigenvalue weighted by molar-refractivity contribution is 0.173. The number of benzene rings is 2. The lowest BCUT2D eigenvalue weighted by Crippen LogP contribution is -2.46. The van der Waals surface area contributed by atoms with Crippen LogP contribution in [0.3, 0.4) is 0 Å². The number of hydrogen-bond donors (Lipinski definition) is 3. The highest BCUT2D eigenvalue weighted by Crippen LogP contribution is 2.41. The van der Waals surface area contributed by atoms with Crippen molar-refractivity contribution in [1.82, 2.24) is 19.2 Å². The Balaban J connectivity index is 0.00000169. The fraction of sp³-hybridized carbons (Fsp3) is 0.467. The first-order valence-corrected chi connectivity index (χ1v) is 18.0. The average Bonchev–Trinajstić information content (AvgIpc) is 2.99. The van der Waals surface area contributed by atoms with E-state index in [0.717, 1.165) is 0 Å². The number of likely N-dealkylation sites (tertiary alicyclic amines) is 1. The lowest BCUT2D eigenvalue weighted by Gasteiger charge is -2.36. The highest BCUT2D eigenvalue weighted by molar-refractivity contribution is 7.89. The number of rotatable bonds is 12. The number of halogens is 1. The molecule has 0 radical (unpaired) electrons. The zero-order valence-electron chi connectivity index (χ0n) is 26.0. The van der Waals surface area contributed by atoms with Crippen LogP contribution in [0.5, 0.6) is 0 Å². The van der Waals surface area contributed by atoms with Gasteiger partial charge in [-0.2, -0.15) is 9.29 Å². The Morgan fingerprint density at radius 1 is 1.07 bits per heavy atom. The summed E-state index contributed by atoms with van der Waals surface area (Å²) in [6.07, 6.45) is 4.13. The molecule has 44 heavy (non-hydrogen) atoms. The van der Waals surface area contributed by atoms with Crippen molar-refractivity contribution in [3.8, 4) is 0 Å². The van der Waals surface area contributed by atoms with Crippen molar-refractivity contribution in [2.24, 2.45) is 0 Å². The zero-order valence-corrected chi connectivity index (χ0v) is 27.7. The first kappa shape index (κ1) is 35.5. The van der Waals surface area contributed by atoms with Gasteiger partial charge in [-0.3, -0.25) is 4.57 Å². The standard InChI is InChI=1S/C27H36FN6O5PS.C3H8/c1-4-39-40(35,36)18-17-34-15-12-23(13-16-34)33(3)41(37,38)24-8-5-21(6-9-24)31-27-29-14-11-26(32-27)30-22-7-10-25(28)20(2)19-22;1-3-2/h5-11,14,19,23H,4,12-13,15-18H2,1-3H3,(H,35,36)(H2,29,30,31,32);3H2,1-2H3. The Morgan fingerprint density at radius 3 is 2.32 bits per heavy atom. The van der Waals surface area contributed by atoms with E-state index in [4.69, 9.17) is 4.52 Å². The quantitative estimate of drug-likeness (QED) is 0.196. The van der Waals surface area contributed by atoms with Crippen LogP contribution in [-0.2, 0) is 19.1 Å². The first-order valence-electron chi connectivity index (χ1n) is 14.8. The molecule has 1 aliphatic heterocycles. The van der Waals surface area contributed by atoms with E-state index in [1.807, 2.05) is 0 Å². The van der Waals surface area contributed by atoms with Gasteiger partial charge < -0.3 is 25.0 Å². The van der Waals surface area contributed by atoms with Crippen molar-refractivity contribution < 1.29 is 26.8 Å². The third kappa shape index (κ3) is 10.3. The van der Waals surface area contributed by atoms with Gasteiger partial charge in [0.05, 0.1) is 17.7 Å². The molecule has 3 N–H and O–H groups in total. The highest BCUT2D eigenvalue weighted by Gasteiger charge is 2.31. The van der Waals surface area contributed by atoms with Gasteiger partial charge in [-0.1, -0.05) is 20.3 Å². The summed E-state index contributed by atoms with van der Waals surface area (Å²) in [5.74, 6) is 0.542. The van der Waals surface area contributed by atoms with E-state index in [-0.39, 0.29) is 29.5 Å². The second-order valence-corrected chi connectivity index (χ2v) is 14.6. The fourth-order valence-corrected chi connectivity index (χ4v) is 7.09. The van der Waals surface area contributed by atoms with Crippen molar-refractivity contribution in [2.75, 3.05) is 50.1 Å². The van der Waals surface area contributed by atoms with Crippen LogP contribution in [0.4, 0.5) is 27.5 Å². The van der Waals surface area contributed by atoms with Crippen LogP contribution in [0.15, 0.2) is 59.6 Å². The molecule has 0 bridgehead atoms. The molecule has 1 aliphatic rings. The summed E-state index contributed by atoms with van der Waals surface area (Å²) in [5.41, 5.74) is 1.82. The molecule has 1 unspecified atom stereocenters. The molecule has 3 aromatic rings. The van der Waals surface area contributed by atoms with Crippen LogP contribution in [0.1, 0.15) is 45.6 Å². The second kappa shape index (κ2) is 16.4. The van der Waals surface area contributed by atoms with Crippen LogP contribution in [0, 0.1) is 12.7 Å². The first-order chi connectivity index (χ1) is 20.9. The summed E-state index contributed by atoms with van der Waals surface area (Å²) in [7, 11) is -5.71. The van der Waals surface area contributed by atoms with Gasteiger partial charge in [0, 0.05) is 37.2 Å². The second-order valence-electron chi connectivity index (χ2n) is 10.6. The lowest BCUT2D eigenvalue weighted by atomic mass is 10.1. The Bertz CT molecular complexity index is 1500. The third-order valence-corrected chi connectivity index (χ3v) is 10.3. The van der Waals surface area contributed by atoms with Crippen LogP contribution in [0.25, 0.3) is 0 Å². The molecule has 11 nitrogen and oxygen atoms in total. The number of aryl methyl sites for hydroxylation is 1. The largest absolute Gasteiger partial charge is 0.340 e. The van der Waals surface area contributed by atoms with E-state index < -0.39 is 17.6 Å². The molecule has 14 heteroatoms. The highest BCUT2D eigenvalue weighted by atomic mass is 32.2. The van der Waals surface area contributed by atoms with E-state index in [2.05, 4.69) is 39.3 Å². The smallest absolute Gasteiger partial charge is 0.329 e. The summed E-state index contributed by atoms with van der Waals surface area (Å²) < 4.78 is 58.5. The summed E-state index contributed by atoms with van der Waals surface area (Å²) in [5, 5.41) is 6.19. The number of sulfonamides is 1. The van der Waals surface area contributed by atoms with Crippen LogP contribution < -0.4 is 10.6 Å². The van der Waals surface area contributed by atoms with Gasteiger partial charge in [-0.25, -0.2) is 17.8 Å². The minimum Gasteiger partial charge on any atom is -0.340 e. The number of aromatic nitrogens is 2. The maximum Gasteiger partial charge on any atom is 0.329 e. The maximum atomic E-state index is 13.6. The molecule has 4 rings (SSSR count). The van der Waals surface area contributed by atoms with Gasteiger partial charge in [-0.05, 0) is 93.9 Å². The Hall–Kier alpha value is -2.93. The van der Waals surface area contributed by atoms with Gasteiger partial charge in [0.1, 0.15) is 11.6 Å². The van der Waals surface area contributed by atoms with Gasteiger partial charge >= 0.3 is 7.60 Å². The topological polar surface area (TPSA) is 137 Å². The normalized spacial score (nSPS) is 15.7. The summed E-state index contributed by atoms with van der Waals surface area (Å²) in [6, 6.07) is 12.6. The summed E-state index contributed by atoms with van der Waals surface area (Å²) in [4.78, 5) is 20.7. The molecular weight excluding hydrogens is 606 g/mol. The third-order valence-electron chi connectivity index (χ3n) is 6.97. The predicted octanol–water partition coefficient (Wildman–Crippen LogP) is 6.13. The van der Waals surface area contributed by atoms with E-state index in [9.17, 15) is 22.3 Å². The Kier molecular flexibility index (Phi) is 13.2. The predicted molar refractivity (Wildman–Crippen MR) is 173 cm³/mol. The maximum absolute atomic E-state index is 13.6. The van der Waals surface area contributed by atoms with Gasteiger partial charge in [0.2, 0.25) is 16.0 Å². The Labute approximate surface area is 260 Å². The van der Waals surface area contributed by atoms with Crippen molar-refractivity contribution in [3.63, 3.8) is 0 Å². The van der Waals surface area contributed by atoms with E-state index in [0.29, 0.717) is 61.2 Å². The number of hydrogen-bond acceptors (Lipinski definition) is 9. The number of nitrogens with one attached hydrogen (secondary N) is 2. The van der Waals surface area contributed by atoms with Crippen molar-refractivity contribution in [3.05, 3.63) is 66.1 Å². The van der Waals surface area contributed by atoms with Gasteiger partial charge in [-0.15, -0.1) is 0 Å². The minimum atomic E-state index is -3.72. The molecule has 1 fully saturated rings. The molecule has 2 heterocycles. The summed E-state index contributed by atoms with van der Waals surface area (Å²) in [6.45, 7) is 9.50. The van der Waals surface area contributed by atoms with E-state index in [1.165, 1.54) is 16.8 Å². The number of piperidine rings is 1. The molecule has 0 saturated carbocycles. The number of nitrogens with zero attached hydrogens (tertiary/aromatic N) is 4. The van der Waals surface area contributed by atoms with Crippen LogP contribution in [-0.4, -0.2) is 78.0 Å². The van der Waals surface area contributed by atoms with Gasteiger partial charge in [0.25, 0.3) is 0 Å². The van der Waals surface area contributed by atoms with Crippen molar-refractivity contribution in [2.45, 2.75) is 57.9 Å². The van der Waals surface area contributed by atoms with Crippen molar-refractivity contribution in [1.29, 1.82) is 0 Å². The molecule has 1 saturated heterocycles. The van der Waals surface area contributed by atoms with Crippen LogP contribution >= 0.6 is 7.60 Å². The molecule has 2 aromatic carbocycles. The Morgan fingerprint density at radius 2 is 1.70 bits per heavy atom. The molecule has 242 valence electrons. The number of anilines is 4. The van der Waals surface area contributed by atoms with E-state index in [1.54, 1.807) is 69.6 Å². The van der Waals surface area contributed by atoms with Crippen molar-refractivity contribution >= 4 is 40.8 Å². The molecule has 0 aliphatic carbocycles. The molecule has 1 atom stereocenters. The zero-order chi connectivity index (χ0) is 32.3. The molecule has 0 spiro atoms.